The van der Waals surface area contributed by atoms with Gasteiger partial charge in [-0.15, -0.1) is 0 Å². The molecule has 1 aliphatic heterocycles. The van der Waals surface area contributed by atoms with Crippen LogP contribution in [0, 0.1) is 11.6 Å². The van der Waals surface area contributed by atoms with Gasteiger partial charge in [-0.2, -0.15) is 0 Å². The number of esters is 1. The Labute approximate surface area is 286 Å². The van der Waals surface area contributed by atoms with Crippen molar-refractivity contribution in [1.29, 1.82) is 0 Å². The van der Waals surface area contributed by atoms with Crippen LogP contribution in [0.1, 0.15) is 90.1 Å². The van der Waals surface area contributed by atoms with Crippen LogP contribution in [0.2, 0.25) is 0 Å². The lowest BCUT2D eigenvalue weighted by Gasteiger charge is -2.43. The van der Waals surface area contributed by atoms with Crippen molar-refractivity contribution in [2.75, 3.05) is 33.0 Å². The molecular formula is C37H49F3N2O7. The van der Waals surface area contributed by atoms with E-state index >= 15 is 13.2 Å². The maximum absolute atomic E-state index is 16.0. The molecule has 0 bridgehead atoms. The molecular weight excluding hydrogens is 641 g/mol. The Morgan fingerprint density at radius 1 is 1.02 bits per heavy atom. The van der Waals surface area contributed by atoms with E-state index in [2.05, 4.69) is 4.98 Å². The molecule has 0 aliphatic carbocycles. The molecule has 1 unspecified atom stereocenters. The van der Waals surface area contributed by atoms with E-state index in [-0.39, 0.29) is 49.8 Å². The van der Waals surface area contributed by atoms with Gasteiger partial charge in [-0.25, -0.2) is 22.8 Å². The number of H-pyrrole nitrogens is 1. The number of halogens is 3. The molecule has 0 saturated carbocycles. The van der Waals surface area contributed by atoms with Crippen molar-refractivity contribution in [1.82, 2.24) is 9.88 Å². The van der Waals surface area contributed by atoms with E-state index in [9.17, 15) is 9.59 Å². The summed E-state index contributed by atoms with van der Waals surface area (Å²) in [4.78, 5) is 28.1. The number of carbonyl (C=O) groups is 2. The molecule has 2 N–H and O–H groups in total. The molecule has 0 amide bonds. The van der Waals surface area contributed by atoms with Gasteiger partial charge in [0.15, 0.2) is 0 Å². The number of aromatic amines is 1. The van der Waals surface area contributed by atoms with Crippen LogP contribution in [-0.4, -0.2) is 83.3 Å². The van der Waals surface area contributed by atoms with E-state index in [1.165, 1.54) is 13.8 Å². The number of hydrogen-bond acceptors (Lipinski definition) is 7. The maximum atomic E-state index is 16.0. The quantitative estimate of drug-likeness (QED) is 0.112. The zero-order chi connectivity index (χ0) is 35.9. The van der Waals surface area contributed by atoms with E-state index in [0.29, 0.717) is 37.8 Å². The van der Waals surface area contributed by atoms with Gasteiger partial charge in [0.25, 0.3) is 0 Å². The highest BCUT2D eigenvalue weighted by atomic mass is 19.1. The number of nitrogens with zero attached hydrogens (tertiary/aromatic N) is 1. The van der Waals surface area contributed by atoms with Crippen molar-refractivity contribution >= 4 is 22.8 Å². The number of fused-ring (bicyclic) bond motifs is 3. The summed E-state index contributed by atoms with van der Waals surface area (Å²) in [7, 11) is 0. The maximum Gasteiger partial charge on any atom is 0.332 e. The number of carbonyl (C=O) groups excluding carboxylic acids is 1. The molecule has 9 nitrogen and oxygen atoms in total. The van der Waals surface area contributed by atoms with Gasteiger partial charge in [0.2, 0.25) is 0 Å². The van der Waals surface area contributed by atoms with Crippen LogP contribution >= 0.6 is 0 Å². The third-order valence-electron chi connectivity index (χ3n) is 8.24. The summed E-state index contributed by atoms with van der Waals surface area (Å²) >= 11 is 0. The summed E-state index contributed by atoms with van der Waals surface area (Å²) < 4.78 is 69.0. The summed E-state index contributed by atoms with van der Waals surface area (Å²) in [5.74, 6) is -3.14. The van der Waals surface area contributed by atoms with Crippen LogP contribution < -0.4 is 4.74 Å². The van der Waals surface area contributed by atoms with Crippen molar-refractivity contribution in [3.8, 4) is 5.75 Å². The summed E-state index contributed by atoms with van der Waals surface area (Å²) in [6.45, 7) is 9.78. The third-order valence-corrected chi connectivity index (χ3v) is 8.24. The van der Waals surface area contributed by atoms with E-state index in [1.807, 2.05) is 36.1 Å². The molecule has 270 valence electrons. The molecule has 3 atom stereocenters. The minimum absolute atomic E-state index is 0.0187. The minimum atomic E-state index is -1.61. The lowest BCUT2D eigenvalue weighted by Crippen LogP contribution is -2.48. The third kappa shape index (κ3) is 10.9. The zero-order valence-corrected chi connectivity index (χ0v) is 29.2. The van der Waals surface area contributed by atoms with Crippen LogP contribution in [-0.2, 0) is 30.2 Å². The normalized spacial score (nSPS) is 17.6. The number of carboxylic acid groups (broad SMARTS) is 1. The number of ether oxygens (including phenoxy) is 4. The molecule has 0 fully saturated rings. The first-order valence-corrected chi connectivity index (χ1v) is 16.8. The van der Waals surface area contributed by atoms with Gasteiger partial charge < -0.3 is 29.0 Å². The fourth-order valence-corrected chi connectivity index (χ4v) is 6.35. The van der Waals surface area contributed by atoms with Crippen LogP contribution in [0.5, 0.6) is 5.75 Å². The van der Waals surface area contributed by atoms with Crippen LogP contribution in [0.3, 0.4) is 0 Å². The number of benzene rings is 2. The first-order chi connectivity index (χ1) is 23.0. The monoisotopic (exact) mass is 690 g/mol. The highest BCUT2D eigenvalue weighted by Crippen LogP contribution is 2.43. The Balaban J connectivity index is 1.46. The van der Waals surface area contributed by atoms with Gasteiger partial charge in [-0.05, 0) is 85.3 Å². The molecule has 1 aromatic heterocycles. The SMILES string of the molecule is C[C@@H]1Cc2c([nH]c3ccccc23)[C@@H](c2c(F)cc(OCCCC(CCCOCC(=O)O)OCC(=O)OC(C)(C)C)cc2F)N1CC(C)(C)F. The number of aliphatic carboxylic acids is 1. The van der Waals surface area contributed by atoms with Crippen molar-refractivity contribution in [2.45, 2.75) is 103 Å². The number of alkyl halides is 1. The Morgan fingerprint density at radius 3 is 2.31 bits per heavy atom. The molecule has 4 rings (SSSR count). The lowest BCUT2D eigenvalue weighted by molar-refractivity contribution is -0.162. The van der Waals surface area contributed by atoms with E-state index in [4.69, 9.17) is 24.1 Å². The average molecular weight is 691 g/mol. The number of nitrogens with one attached hydrogen (secondary N) is 1. The fraction of sp³-hybridized carbons (Fsp3) is 0.568. The summed E-state index contributed by atoms with van der Waals surface area (Å²) in [6, 6.07) is 8.98. The Bertz CT molecular complexity index is 1560. The van der Waals surface area contributed by atoms with E-state index < -0.39 is 47.5 Å². The molecule has 2 aromatic carbocycles. The first-order valence-electron chi connectivity index (χ1n) is 16.8. The minimum Gasteiger partial charge on any atom is -0.493 e. The van der Waals surface area contributed by atoms with E-state index in [0.717, 1.165) is 28.6 Å². The fourth-order valence-electron chi connectivity index (χ4n) is 6.35. The molecule has 2 heterocycles. The molecule has 0 saturated heterocycles. The number of aromatic nitrogens is 1. The van der Waals surface area contributed by atoms with Crippen LogP contribution in [0.15, 0.2) is 36.4 Å². The summed E-state index contributed by atoms with van der Waals surface area (Å²) in [5, 5.41) is 9.74. The van der Waals surface area contributed by atoms with Gasteiger partial charge in [-0.3, -0.25) is 4.90 Å². The van der Waals surface area contributed by atoms with Crippen LogP contribution in [0.25, 0.3) is 10.9 Å². The molecule has 49 heavy (non-hydrogen) atoms. The van der Waals surface area contributed by atoms with Crippen molar-refractivity contribution in [3.63, 3.8) is 0 Å². The highest BCUT2D eigenvalue weighted by Gasteiger charge is 2.41. The first kappa shape index (κ1) is 38.2. The Hall–Kier alpha value is -3.61. The van der Waals surface area contributed by atoms with E-state index in [1.54, 1.807) is 20.8 Å². The smallest absolute Gasteiger partial charge is 0.332 e. The van der Waals surface area contributed by atoms with Crippen molar-refractivity contribution in [3.05, 3.63) is 64.9 Å². The predicted octanol–water partition coefficient (Wildman–Crippen LogP) is 7.30. The van der Waals surface area contributed by atoms with Gasteiger partial charge >= 0.3 is 11.9 Å². The van der Waals surface area contributed by atoms with Gasteiger partial charge in [-0.1, -0.05) is 18.2 Å². The van der Waals surface area contributed by atoms with Gasteiger partial charge in [0.05, 0.1) is 18.8 Å². The predicted molar refractivity (Wildman–Crippen MR) is 180 cm³/mol. The molecule has 0 radical (unpaired) electrons. The van der Waals surface area contributed by atoms with Crippen molar-refractivity contribution in [2.24, 2.45) is 0 Å². The number of hydrogen-bond donors (Lipinski definition) is 2. The molecule has 1 aliphatic rings. The number of carboxylic acids is 1. The largest absolute Gasteiger partial charge is 0.493 e. The second-order valence-electron chi connectivity index (χ2n) is 14.3. The zero-order valence-electron chi connectivity index (χ0n) is 29.2. The van der Waals surface area contributed by atoms with Crippen molar-refractivity contribution < 1.29 is 46.8 Å². The summed E-state index contributed by atoms with van der Waals surface area (Å²) in [6.07, 6.45) is 2.11. The second-order valence-corrected chi connectivity index (χ2v) is 14.3. The van der Waals surface area contributed by atoms with Gasteiger partial charge in [0.1, 0.15) is 41.9 Å². The Morgan fingerprint density at radius 2 is 1.67 bits per heavy atom. The highest BCUT2D eigenvalue weighted by molar-refractivity contribution is 5.85. The molecule has 0 spiro atoms. The topological polar surface area (TPSA) is 110 Å². The van der Waals surface area contributed by atoms with Crippen LogP contribution in [0.4, 0.5) is 13.2 Å². The lowest BCUT2D eigenvalue weighted by atomic mass is 9.87. The Kier molecular flexibility index (Phi) is 12.8. The van der Waals surface area contributed by atoms with Gasteiger partial charge in [0, 0.05) is 53.5 Å². The molecule has 3 aromatic rings. The standard InChI is InChI=1S/C37H49F3N2O7/c1-23-17-27-26-13-7-8-14-30(26)41-34(27)35(42(23)22-37(5,6)40)33-28(38)18-25(19-29(33)39)47-16-10-12-24(11-9-15-46-20-31(43)44)48-21-32(45)49-36(2,3)4/h7-8,13-14,18-19,23-24,35,41H,9-12,15-17,20-22H2,1-6H3,(H,43,44)/t23-,24?,35-/m1/s1. The number of rotatable bonds is 17. The molecule has 12 heteroatoms. The second kappa shape index (κ2) is 16.4. The number of para-hydroxylation sites is 1. The summed E-state index contributed by atoms with van der Waals surface area (Å²) in [5.41, 5.74) is 0.0398. The average Bonchev–Trinajstić information content (AvgIpc) is 3.34.